The van der Waals surface area contributed by atoms with Gasteiger partial charge in [0.2, 0.25) is 0 Å². The lowest BCUT2D eigenvalue weighted by atomic mass is 10.2. The number of nitrogens with zero attached hydrogens (tertiary/aromatic N) is 2. The Labute approximate surface area is 163 Å². The van der Waals surface area contributed by atoms with E-state index in [4.69, 9.17) is 9.47 Å². The van der Waals surface area contributed by atoms with E-state index >= 15 is 0 Å². The molecule has 0 aliphatic rings. The first-order valence-corrected chi connectivity index (χ1v) is 8.71. The van der Waals surface area contributed by atoms with Gasteiger partial charge >= 0.3 is 0 Å². The third-order valence-corrected chi connectivity index (χ3v) is 4.05. The van der Waals surface area contributed by atoms with E-state index in [1.807, 2.05) is 43.3 Å². The fourth-order valence-corrected chi connectivity index (χ4v) is 2.62. The summed E-state index contributed by atoms with van der Waals surface area (Å²) in [6, 6.07) is 14.6. The fraction of sp³-hybridized carbons (Fsp3) is 0.190. The number of aryl methyl sites for hydroxylation is 2. The van der Waals surface area contributed by atoms with Crippen LogP contribution in [-0.4, -0.2) is 30.1 Å². The molecule has 28 heavy (non-hydrogen) atoms. The van der Waals surface area contributed by atoms with Crippen LogP contribution in [0.5, 0.6) is 11.5 Å². The summed E-state index contributed by atoms with van der Waals surface area (Å²) in [4.78, 5) is 21.2. The fourth-order valence-electron chi connectivity index (χ4n) is 2.62. The first-order chi connectivity index (χ1) is 13.5. The Balaban J connectivity index is 1.83. The number of amides is 1. The van der Waals surface area contributed by atoms with E-state index in [0.29, 0.717) is 34.5 Å². The summed E-state index contributed by atoms with van der Waals surface area (Å²) in [5.74, 6) is 1.94. The van der Waals surface area contributed by atoms with E-state index in [9.17, 15) is 4.79 Å². The van der Waals surface area contributed by atoms with E-state index in [2.05, 4.69) is 20.6 Å². The molecule has 7 nitrogen and oxygen atoms in total. The van der Waals surface area contributed by atoms with Crippen LogP contribution in [0.4, 0.5) is 17.2 Å². The molecule has 0 fully saturated rings. The smallest absolute Gasteiger partial charge is 0.274 e. The third kappa shape index (κ3) is 4.56. The molecule has 3 rings (SSSR count). The average Bonchev–Trinajstić information content (AvgIpc) is 2.69. The highest BCUT2D eigenvalue weighted by atomic mass is 16.5. The monoisotopic (exact) mass is 378 g/mol. The van der Waals surface area contributed by atoms with Gasteiger partial charge in [-0.05, 0) is 38.1 Å². The van der Waals surface area contributed by atoms with Crippen LogP contribution in [-0.2, 0) is 0 Å². The van der Waals surface area contributed by atoms with Crippen LogP contribution in [0.3, 0.4) is 0 Å². The largest absolute Gasteiger partial charge is 0.497 e. The van der Waals surface area contributed by atoms with Crippen molar-refractivity contribution in [1.82, 2.24) is 9.97 Å². The van der Waals surface area contributed by atoms with Crippen molar-refractivity contribution in [1.29, 1.82) is 0 Å². The van der Waals surface area contributed by atoms with Crippen LogP contribution in [0, 0.1) is 13.8 Å². The first-order valence-electron chi connectivity index (χ1n) is 8.71. The Bertz CT molecular complexity index is 987. The molecule has 0 saturated carbocycles. The molecule has 2 N–H and O–H groups in total. The van der Waals surface area contributed by atoms with Crippen molar-refractivity contribution in [3.05, 3.63) is 65.6 Å². The van der Waals surface area contributed by atoms with Gasteiger partial charge in [-0.2, -0.15) is 0 Å². The second-order valence-electron chi connectivity index (χ2n) is 6.20. The van der Waals surface area contributed by atoms with E-state index in [-0.39, 0.29) is 11.6 Å². The maximum absolute atomic E-state index is 12.6. The van der Waals surface area contributed by atoms with Gasteiger partial charge in [-0.3, -0.25) is 4.79 Å². The minimum Gasteiger partial charge on any atom is -0.497 e. The van der Waals surface area contributed by atoms with Gasteiger partial charge in [0.1, 0.15) is 28.8 Å². The second kappa shape index (κ2) is 8.39. The molecule has 0 unspecified atom stereocenters. The quantitative estimate of drug-likeness (QED) is 0.671. The number of ether oxygens (including phenoxy) is 2. The summed E-state index contributed by atoms with van der Waals surface area (Å²) in [5.41, 5.74) is 2.79. The molecule has 0 atom stereocenters. The number of hydrogen-bond donors (Lipinski definition) is 2. The number of hydrogen-bond acceptors (Lipinski definition) is 6. The molecule has 0 aliphatic carbocycles. The van der Waals surface area contributed by atoms with Gasteiger partial charge in [0.05, 0.1) is 19.9 Å². The van der Waals surface area contributed by atoms with Crippen molar-refractivity contribution >= 4 is 23.1 Å². The van der Waals surface area contributed by atoms with Gasteiger partial charge in [-0.15, -0.1) is 0 Å². The number of nitrogens with one attached hydrogen (secondary N) is 2. The summed E-state index contributed by atoms with van der Waals surface area (Å²) < 4.78 is 10.6. The van der Waals surface area contributed by atoms with Crippen LogP contribution in [0.1, 0.15) is 21.9 Å². The molecule has 2 aromatic carbocycles. The van der Waals surface area contributed by atoms with Crippen LogP contribution in [0.2, 0.25) is 0 Å². The lowest BCUT2D eigenvalue weighted by Gasteiger charge is -2.13. The molecule has 0 aliphatic heterocycles. The van der Waals surface area contributed by atoms with Crippen molar-refractivity contribution in [2.45, 2.75) is 13.8 Å². The maximum atomic E-state index is 12.6. The van der Waals surface area contributed by atoms with Crippen molar-refractivity contribution in [2.24, 2.45) is 0 Å². The molecule has 0 radical (unpaired) electrons. The van der Waals surface area contributed by atoms with Crippen molar-refractivity contribution in [2.75, 3.05) is 24.9 Å². The molecular formula is C21H22N4O3. The second-order valence-corrected chi connectivity index (χ2v) is 6.20. The summed E-state index contributed by atoms with van der Waals surface area (Å²) in [6.07, 6.45) is 0. The number of aromatic nitrogens is 2. The number of anilines is 3. The minimum atomic E-state index is -0.306. The first kappa shape index (κ1) is 19.2. The Morgan fingerprint density at radius 1 is 0.929 bits per heavy atom. The molecule has 7 heteroatoms. The van der Waals surface area contributed by atoms with E-state index in [0.717, 1.165) is 5.56 Å². The molecule has 144 valence electrons. The Morgan fingerprint density at radius 3 is 2.36 bits per heavy atom. The number of carbonyl (C=O) groups is 1. The van der Waals surface area contributed by atoms with Crippen LogP contribution >= 0.6 is 0 Å². The molecule has 1 heterocycles. The average molecular weight is 378 g/mol. The number of carbonyl (C=O) groups excluding carboxylic acids is 1. The molecule has 0 saturated heterocycles. The minimum absolute atomic E-state index is 0.267. The van der Waals surface area contributed by atoms with Crippen molar-refractivity contribution < 1.29 is 14.3 Å². The van der Waals surface area contributed by atoms with Crippen LogP contribution < -0.4 is 20.1 Å². The zero-order valence-corrected chi connectivity index (χ0v) is 16.2. The summed E-state index contributed by atoms with van der Waals surface area (Å²) in [7, 11) is 3.17. The van der Waals surface area contributed by atoms with Gasteiger partial charge in [-0.1, -0.05) is 17.7 Å². The standard InChI is InChI=1S/C21H22N4O3/c1-13-5-7-15(8-6-13)24-21(26)18-12-20(23-14(2)22-18)25-17-10-9-16(27-3)11-19(17)28-4/h5-12H,1-4H3,(H,24,26)(H,22,23,25). The summed E-state index contributed by atoms with van der Waals surface area (Å²) in [5, 5.41) is 6.01. The van der Waals surface area contributed by atoms with E-state index in [1.54, 1.807) is 33.3 Å². The number of rotatable bonds is 6. The van der Waals surface area contributed by atoms with Gasteiger partial charge in [0.25, 0.3) is 5.91 Å². The highest BCUT2D eigenvalue weighted by Crippen LogP contribution is 2.31. The molecule has 1 amide bonds. The Morgan fingerprint density at radius 2 is 1.68 bits per heavy atom. The topological polar surface area (TPSA) is 85.4 Å². The highest BCUT2D eigenvalue weighted by Gasteiger charge is 2.13. The third-order valence-electron chi connectivity index (χ3n) is 4.05. The van der Waals surface area contributed by atoms with Gasteiger partial charge in [0.15, 0.2) is 0 Å². The zero-order valence-electron chi connectivity index (χ0n) is 16.2. The SMILES string of the molecule is COc1ccc(Nc2cc(C(=O)Nc3ccc(C)cc3)nc(C)n2)c(OC)c1. The normalized spacial score (nSPS) is 10.3. The van der Waals surface area contributed by atoms with Crippen LogP contribution in [0.15, 0.2) is 48.5 Å². The highest BCUT2D eigenvalue weighted by molar-refractivity contribution is 6.03. The molecular weight excluding hydrogens is 356 g/mol. The predicted octanol–water partition coefficient (Wildman–Crippen LogP) is 4.11. The van der Waals surface area contributed by atoms with E-state index < -0.39 is 0 Å². The van der Waals surface area contributed by atoms with Gasteiger partial charge in [0, 0.05) is 17.8 Å². The number of benzene rings is 2. The zero-order chi connectivity index (χ0) is 20.1. The summed E-state index contributed by atoms with van der Waals surface area (Å²) in [6.45, 7) is 3.73. The van der Waals surface area contributed by atoms with Gasteiger partial charge < -0.3 is 20.1 Å². The Hall–Kier alpha value is -3.61. The number of methoxy groups -OCH3 is 2. The lowest BCUT2D eigenvalue weighted by Crippen LogP contribution is -2.15. The van der Waals surface area contributed by atoms with E-state index in [1.165, 1.54) is 0 Å². The lowest BCUT2D eigenvalue weighted by molar-refractivity contribution is 0.102. The molecule has 0 spiro atoms. The summed E-state index contributed by atoms with van der Waals surface area (Å²) >= 11 is 0. The maximum Gasteiger partial charge on any atom is 0.274 e. The van der Waals surface area contributed by atoms with Crippen LogP contribution in [0.25, 0.3) is 0 Å². The molecule has 0 bridgehead atoms. The van der Waals surface area contributed by atoms with Crippen molar-refractivity contribution in [3.8, 4) is 11.5 Å². The molecule has 3 aromatic rings. The van der Waals surface area contributed by atoms with Gasteiger partial charge in [-0.25, -0.2) is 9.97 Å². The Kier molecular flexibility index (Phi) is 5.74. The predicted molar refractivity (Wildman–Crippen MR) is 109 cm³/mol. The van der Waals surface area contributed by atoms with Crippen molar-refractivity contribution in [3.63, 3.8) is 0 Å². The molecule has 1 aromatic heterocycles.